The lowest BCUT2D eigenvalue weighted by atomic mass is 10.1. The number of amides is 1. The topological polar surface area (TPSA) is 42.0 Å². The summed E-state index contributed by atoms with van der Waals surface area (Å²) < 4.78 is 0. The van der Waals surface area contributed by atoms with Crippen LogP contribution in [0.25, 0.3) is 5.57 Å². The second kappa shape index (κ2) is 12.8. The van der Waals surface area contributed by atoms with Crippen molar-refractivity contribution in [1.82, 2.24) is 4.98 Å². The Morgan fingerprint density at radius 3 is 2.44 bits per heavy atom. The summed E-state index contributed by atoms with van der Waals surface area (Å²) in [4.78, 5) is 15.1. The fourth-order valence-corrected chi connectivity index (χ4v) is 2.76. The van der Waals surface area contributed by atoms with Crippen molar-refractivity contribution in [3.05, 3.63) is 76.3 Å². The number of thiazole rings is 1. The molecule has 0 aliphatic rings. The molecule has 2 aromatic rings. The molecule has 0 atom stereocenters. The monoisotopic (exact) mass is 382 g/mol. The first-order valence-corrected chi connectivity index (χ1v) is 10.1. The Labute approximate surface area is 167 Å². The predicted molar refractivity (Wildman–Crippen MR) is 119 cm³/mol. The van der Waals surface area contributed by atoms with Crippen LogP contribution in [0.1, 0.15) is 49.9 Å². The quantitative estimate of drug-likeness (QED) is 0.563. The van der Waals surface area contributed by atoms with E-state index in [1.54, 1.807) is 11.3 Å². The van der Waals surface area contributed by atoms with Gasteiger partial charge in [0.1, 0.15) is 0 Å². The Balaban J connectivity index is 0.000000289. The van der Waals surface area contributed by atoms with E-state index in [0.29, 0.717) is 0 Å². The molecule has 0 spiro atoms. The van der Waals surface area contributed by atoms with Crippen molar-refractivity contribution in [1.29, 1.82) is 0 Å². The molecule has 27 heavy (non-hydrogen) atoms. The molecule has 0 fully saturated rings. The van der Waals surface area contributed by atoms with E-state index in [0.717, 1.165) is 22.8 Å². The zero-order valence-corrected chi connectivity index (χ0v) is 17.8. The highest BCUT2D eigenvalue weighted by Crippen LogP contribution is 2.19. The normalized spacial score (nSPS) is 11.5. The fourth-order valence-electron chi connectivity index (χ4n) is 2.14. The molecule has 0 saturated heterocycles. The summed E-state index contributed by atoms with van der Waals surface area (Å²) in [6, 6.07) is 7.70. The number of carbonyl (C=O) groups is 1. The minimum absolute atomic E-state index is 0.0335. The standard InChI is InChI=1S/C14H19NS.C9H11NO/c1-4-6-8-10-13(9-7-5-2)14-11-16-12(3)15-14;1-7-3-5-9(6-4-7)10-8(2)11/h5,7-11H,4,6H2,1-3H3;3-6H,1-2H3,(H,10,11)/b7-5-,10-8+,13-9+;. The maximum Gasteiger partial charge on any atom is 0.221 e. The number of aromatic nitrogens is 1. The van der Waals surface area contributed by atoms with Crippen molar-refractivity contribution in [3.8, 4) is 0 Å². The molecule has 144 valence electrons. The van der Waals surface area contributed by atoms with Crippen LogP contribution in [0.15, 0.2) is 60.0 Å². The summed E-state index contributed by atoms with van der Waals surface area (Å²) in [5.74, 6) is -0.0335. The first kappa shape index (κ1) is 22.6. The van der Waals surface area contributed by atoms with Gasteiger partial charge < -0.3 is 5.32 Å². The van der Waals surface area contributed by atoms with Gasteiger partial charge in [-0.05, 0) is 39.3 Å². The highest BCUT2D eigenvalue weighted by Gasteiger charge is 2.01. The van der Waals surface area contributed by atoms with E-state index >= 15 is 0 Å². The highest BCUT2D eigenvalue weighted by molar-refractivity contribution is 7.09. The van der Waals surface area contributed by atoms with Crippen LogP contribution in [0.2, 0.25) is 0 Å². The van der Waals surface area contributed by atoms with Gasteiger partial charge in [0.05, 0.1) is 10.7 Å². The van der Waals surface area contributed by atoms with E-state index in [2.05, 4.69) is 46.9 Å². The molecule has 2 rings (SSSR count). The van der Waals surface area contributed by atoms with Crippen LogP contribution in [-0.4, -0.2) is 10.9 Å². The minimum Gasteiger partial charge on any atom is -0.326 e. The van der Waals surface area contributed by atoms with Gasteiger partial charge in [-0.15, -0.1) is 11.3 Å². The smallest absolute Gasteiger partial charge is 0.221 e. The van der Waals surface area contributed by atoms with Crippen molar-refractivity contribution in [3.63, 3.8) is 0 Å². The third-order valence-corrected chi connectivity index (χ3v) is 4.28. The first-order valence-electron chi connectivity index (χ1n) is 9.22. The molecule has 1 heterocycles. The molecule has 0 aliphatic carbocycles. The summed E-state index contributed by atoms with van der Waals surface area (Å²) in [6.07, 6.45) is 12.9. The number of rotatable bonds is 6. The number of anilines is 1. The molecular formula is C23H30N2OS. The first-order chi connectivity index (χ1) is 13.0. The second-order valence-corrected chi connectivity index (χ2v) is 7.20. The van der Waals surface area contributed by atoms with E-state index in [1.807, 2.05) is 51.1 Å². The number of unbranched alkanes of at least 4 members (excludes halogenated alkanes) is 1. The van der Waals surface area contributed by atoms with Crippen LogP contribution in [0.4, 0.5) is 5.69 Å². The maximum atomic E-state index is 10.6. The minimum atomic E-state index is -0.0335. The number of hydrogen-bond donors (Lipinski definition) is 1. The number of carbonyl (C=O) groups excluding carboxylic acids is 1. The van der Waals surface area contributed by atoms with Crippen molar-refractivity contribution in [2.75, 3.05) is 5.32 Å². The third-order valence-electron chi connectivity index (χ3n) is 3.51. The number of nitrogens with zero attached hydrogens (tertiary/aromatic N) is 1. The van der Waals surface area contributed by atoms with Gasteiger partial charge in [-0.1, -0.05) is 61.4 Å². The average Bonchev–Trinajstić information content (AvgIpc) is 3.06. The number of aryl methyl sites for hydroxylation is 2. The van der Waals surface area contributed by atoms with Crippen LogP contribution in [-0.2, 0) is 4.79 Å². The highest BCUT2D eigenvalue weighted by atomic mass is 32.1. The number of benzene rings is 1. The Kier molecular flexibility index (Phi) is 10.7. The van der Waals surface area contributed by atoms with Crippen molar-refractivity contribution in [2.45, 2.75) is 47.5 Å². The number of allylic oxidation sites excluding steroid dienone is 6. The third kappa shape index (κ3) is 9.71. The summed E-state index contributed by atoms with van der Waals surface area (Å²) in [6.45, 7) is 9.76. The van der Waals surface area contributed by atoms with E-state index in [4.69, 9.17) is 0 Å². The summed E-state index contributed by atoms with van der Waals surface area (Å²) in [5, 5.41) is 5.92. The van der Waals surface area contributed by atoms with Gasteiger partial charge in [-0.2, -0.15) is 0 Å². The average molecular weight is 383 g/mol. The Morgan fingerprint density at radius 1 is 1.22 bits per heavy atom. The van der Waals surface area contributed by atoms with Crippen LogP contribution in [0.3, 0.4) is 0 Å². The SMILES string of the molecule is CC(=O)Nc1ccc(C)cc1.C\C=C/C=C(\C=C\CCC)c1csc(C)n1. The van der Waals surface area contributed by atoms with Gasteiger partial charge in [0, 0.05) is 23.6 Å². The van der Waals surface area contributed by atoms with E-state index < -0.39 is 0 Å². The molecule has 3 nitrogen and oxygen atoms in total. The Morgan fingerprint density at radius 2 is 1.93 bits per heavy atom. The molecule has 0 radical (unpaired) electrons. The molecule has 0 saturated carbocycles. The fraction of sp³-hybridized carbons (Fsp3) is 0.304. The van der Waals surface area contributed by atoms with Crippen molar-refractivity contribution >= 4 is 28.5 Å². The van der Waals surface area contributed by atoms with Crippen molar-refractivity contribution in [2.24, 2.45) is 0 Å². The van der Waals surface area contributed by atoms with E-state index in [9.17, 15) is 4.79 Å². The molecule has 0 bridgehead atoms. The van der Waals surface area contributed by atoms with Gasteiger partial charge >= 0.3 is 0 Å². The predicted octanol–water partition coefficient (Wildman–Crippen LogP) is 6.72. The summed E-state index contributed by atoms with van der Waals surface area (Å²) in [7, 11) is 0. The van der Waals surface area contributed by atoms with Gasteiger partial charge in [0.25, 0.3) is 0 Å². The Bertz CT molecular complexity index is 783. The lowest BCUT2D eigenvalue weighted by Gasteiger charge is -2.00. The van der Waals surface area contributed by atoms with Gasteiger partial charge in [0.15, 0.2) is 0 Å². The summed E-state index contributed by atoms with van der Waals surface area (Å²) >= 11 is 1.70. The van der Waals surface area contributed by atoms with Crippen LogP contribution in [0, 0.1) is 13.8 Å². The van der Waals surface area contributed by atoms with E-state index in [-0.39, 0.29) is 5.91 Å². The second-order valence-electron chi connectivity index (χ2n) is 6.14. The lowest BCUT2D eigenvalue weighted by Crippen LogP contribution is -2.05. The number of nitrogens with one attached hydrogen (secondary N) is 1. The molecule has 1 amide bonds. The van der Waals surface area contributed by atoms with Gasteiger partial charge in [-0.25, -0.2) is 4.98 Å². The molecule has 0 aliphatic heterocycles. The van der Waals surface area contributed by atoms with Crippen LogP contribution in [0.5, 0.6) is 0 Å². The van der Waals surface area contributed by atoms with Gasteiger partial charge in [0.2, 0.25) is 5.91 Å². The zero-order chi connectivity index (χ0) is 20.1. The Hall–Kier alpha value is -2.46. The molecule has 1 aromatic carbocycles. The summed E-state index contributed by atoms with van der Waals surface area (Å²) in [5.41, 5.74) is 4.31. The van der Waals surface area contributed by atoms with Crippen LogP contribution >= 0.6 is 11.3 Å². The van der Waals surface area contributed by atoms with E-state index in [1.165, 1.54) is 24.5 Å². The number of hydrogen-bond acceptors (Lipinski definition) is 3. The van der Waals surface area contributed by atoms with Gasteiger partial charge in [-0.3, -0.25) is 4.79 Å². The maximum absolute atomic E-state index is 10.6. The molecule has 0 unspecified atom stereocenters. The van der Waals surface area contributed by atoms with Crippen LogP contribution < -0.4 is 5.32 Å². The largest absolute Gasteiger partial charge is 0.326 e. The molecular weight excluding hydrogens is 352 g/mol. The van der Waals surface area contributed by atoms with Crippen molar-refractivity contribution < 1.29 is 4.79 Å². The lowest BCUT2D eigenvalue weighted by molar-refractivity contribution is -0.114. The molecule has 4 heteroatoms. The zero-order valence-electron chi connectivity index (χ0n) is 17.0. The molecule has 1 aromatic heterocycles. The molecule has 1 N–H and O–H groups in total.